The summed E-state index contributed by atoms with van der Waals surface area (Å²) in [5, 5.41) is 8.45. The van der Waals surface area contributed by atoms with Crippen LogP contribution in [0.5, 0.6) is 0 Å². The molecule has 1 atom stereocenters. The van der Waals surface area contributed by atoms with E-state index in [0.717, 1.165) is 23.9 Å². The van der Waals surface area contributed by atoms with Crippen LogP contribution in [0, 0.1) is 0 Å². The van der Waals surface area contributed by atoms with Gasteiger partial charge in [0.2, 0.25) is 0 Å². The molecule has 3 aromatic rings. The monoisotopic (exact) mass is 322 g/mol. The Kier molecular flexibility index (Phi) is 3.84. The molecule has 1 aromatic carbocycles. The lowest BCUT2D eigenvalue weighted by molar-refractivity contribution is 0.0936. The van der Waals surface area contributed by atoms with Crippen LogP contribution in [-0.2, 0) is 19.4 Å². The molecule has 5 nitrogen and oxygen atoms in total. The van der Waals surface area contributed by atoms with Gasteiger partial charge < -0.3 is 10.3 Å². The minimum absolute atomic E-state index is 0.0215. The molecule has 1 amide bonds. The Bertz CT molecular complexity index is 863. The highest BCUT2D eigenvalue weighted by Crippen LogP contribution is 2.29. The van der Waals surface area contributed by atoms with E-state index in [-0.39, 0.29) is 11.9 Å². The molecular formula is C19H22N4O. The second kappa shape index (κ2) is 6.15. The molecule has 0 spiro atoms. The number of rotatable bonds is 4. The van der Waals surface area contributed by atoms with Gasteiger partial charge >= 0.3 is 0 Å². The van der Waals surface area contributed by atoms with Crippen molar-refractivity contribution in [1.82, 2.24) is 20.1 Å². The van der Waals surface area contributed by atoms with Gasteiger partial charge in [0.05, 0.1) is 6.54 Å². The molecule has 4 rings (SSSR count). The molecule has 2 N–H and O–H groups in total. The number of H-pyrrole nitrogens is 1. The number of carbonyl (C=O) groups excluding carboxylic acids is 1. The number of fused-ring (bicyclic) bond motifs is 3. The number of hydrogen-bond acceptors (Lipinski definition) is 2. The molecule has 0 bridgehead atoms. The molecule has 0 unspecified atom stereocenters. The van der Waals surface area contributed by atoms with E-state index >= 15 is 0 Å². The van der Waals surface area contributed by atoms with Crippen LogP contribution in [0.3, 0.4) is 0 Å². The van der Waals surface area contributed by atoms with Gasteiger partial charge in [-0.3, -0.25) is 9.48 Å². The lowest BCUT2D eigenvalue weighted by Crippen LogP contribution is -2.35. The van der Waals surface area contributed by atoms with Crippen molar-refractivity contribution in [2.45, 2.75) is 45.2 Å². The Morgan fingerprint density at radius 1 is 1.38 bits per heavy atom. The highest BCUT2D eigenvalue weighted by molar-refractivity contribution is 5.99. The van der Waals surface area contributed by atoms with Crippen molar-refractivity contribution in [3.63, 3.8) is 0 Å². The number of aromatic amines is 1. The number of hydrogen-bond donors (Lipinski definition) is 2. The fourth-order valence-electron chi connectivity index (χ4n) is 3.59. The van der Waals surface area contributed by atoms with Gasteiger partial charge in [0.1, 0.15) is 0 Å². The highest BCUT2D eigenvalue weighted by Gasteiger charge is 2.17. The number of amides is 1. The topological polar surface area (TPSA) is 62.7 Å². The summed E-state index contributed by atoms with van der Waals surface area (Å²) in [5.41, 5.74) is 4.61. The van der Waals surface area contributed by atoms with E-state index in [0.29, 0.717) is 6.54 Å². The van der Waals surface area contributed by atoms with Crippen molar-refractivity contribution in [1.29, 1.82) is 0 Å². The van der Waals surface area contributed by atoms with Crippen LogP contribution < -0.4 is 5.32 Å². The van der Waals surface area contributed by atoms with Crippen molar-refractivity contribution >= 4 is 16.8 Å². The molecule has 0 fully saturated rings. The molecule has 1 aliphatic rings. The van der Waals surface area contributed by atoms with Gasteiger partial charge in [-0.15, -0.1) is 0 Å². The van der Waals surface area contributed by atoms with Crippen LogP contribution in [0.1, 0.15) is 41.4 Å². The Morgan fingerprint density at radius 3 is 3.08 bits per heavy atom. The number of aryl methyl sites for hydroxylation is 2. The smallest absolute Gasteiger partial charge is 0.251 e. The van der Waals surface area contributed by atoms with Crippen LogP contribution in [0.2, 0.25) is 0 Å². The van der Waals surface area contributed by atoms with Gasteiger partial charge in [-0.2, -0.15) is 5.10 Å². The third-order valence-electron chi connectivity index (χ3n) is 4.76. The molecular weight excluding hydrogens is 300 g/mol. The molecule has 2 aromatic heterocycles. The molecule has 24 heavy (non-hydrogen) atoms. The summed E-state index contributed by atoms with van der Waals surface area (Å²) in [7, 11) is 0. The van der Waals surface area contributed by atoms with E-state index < -0.39 is 0 Å². The van der Waals surface area contributed by atoms with Crippen LogP contribution >= 0.6 is 0 Å². The normalized spacial score (nSPS) is 15.2. The van der Waals surface area contributed by atoms with Crippen molar-refractivity contribution in [3.05, 3.63) is 53.5 Å². The van der Waals surface area contributed by atoms with E-state index in [4.69, 9.17) is 0 Å². The van der Waals surface area contributed by atoms with Crippen LogP contribution in [-0.4, -0.2) is 26.7 Å². The first-order valence-corrected chi connectivity index (χ1v) is 8.62. The molecule has 124 valence electrons. The first kappa shape index (κ1) is 15.0. The summed E-state index contributed by atoms with van der Waals surface area (Å²) < 4.78 is 1.83. The van der Waals surface area contributed by atoms with Crippen molar-refractivity contribution < 1.29 is 4.79 Å². The van der Waals surface area contributed by atoms with Gasteiger partial charge in [-0.25, -0.2) is 0 Å². The summed E-state index contributed by atoms with van der Waals surface area (Å²) in [6, 6.07) is 7.87. The number of benzene rings is 1. The van der Waals surface area contributed by atoms with E-state index in [1.807, 2.05) is 42.1 Å². The van der Waals surface area contributed by atoms with E-state index in [9.17, 15) is 4.79 Å². The second-order valence-electron chi connectivity index (χ2n) is 6.65. The van der Waals surface area contributed by atoms with E-state index in [2.05, 4.69) is 15.4 Å². The first-order valence-electron chi connectivity index (χ1n) is 8.62. The second-order valence-corrected chi connectivity index (χ2v) is 6.65. The number of nitrogens with zero attached hydrogens (tertiary/aromatic N) is 2. The fraction of sp³-hybridized carbons (Fsp3) is 0.368. The maximum atomic E-state index is 12.6. The minimum Gasteiger partial charge on any atom is -0.358 e. The van der Waals surface area contributed by atoms with Gasteiger partial charge in [0.15, 0.2) is 0 Å². The predicted molar refractivity (Wildman–Crippen MR) is 94.1 cm³/mol. The Morgan fingerprint density at radius 2 is 2.25 bits per heavy atom. The quantitative estimate of drug-likeness (QED) is 0.775. The van der Waals surface area contributed by atoms with Gasteiger partial charge in [-0.1, -0.05) is 0 Å². The SMILES string of the molecule is C[C@@H](Cn1cccn1)NC(=O)c1ccc2[nH]c3c(c2c1)CCCC3. The highest BCUT2D eigenvalue weighted by atomic mass is 16.1. The zero-order chi connectivity index (χ0) is 16.5. The molecule has 2 heterocycles. The molecule has 5 heteroatoms. The fourth-order valence-corrected chi connectivity index (χ4v) is 3.59. The zero-order valence-electron chi connectivity index (χ0n) is 13.9. The molecule has 0 aliphatic heterocycles. The number of nitrogens with one attached hydrogen (secondary N) is 2. The average Bonchev–Trinajstić information content (AvgIpc) is 3.21. The Balaban J connectivity index is 1.53. The summed E-state index contributed by atoms with van der Waals surface area (Å²) >= 11 is 0. The summed E-state index contributed by atoms with van der Waals surface area (Å²) in [5.74, 6) is -0.0256. The lowest BCUT2D eigenvalue weighted by Gasteiger charge is -2.14. The first-order chi connectivity index (χ1) is 11.7. The minimum atomic E-state index is -0.0256. The van der Waals surface area contributed by atoms with E-state index in [1.165, 1.54) is 29.5 Å². The summed E-state index contributed by atoms with van der Waals surface area (Å²) in [6.07, 6.45) is 8.36. The Hall–Kier alpha value is -2.56. The van der Waals surface area contributed by atoms with Crippen LogP contribution in [0.15, 0.2) is 36.7 Å². The number of carbonyl (C=O) groups is 1. The van der Waals surface area contributed by atoms with E-state index in [1.54, 1.807) is 6.20 Å². The third-order valence-corrected chi connectivity index (χ3v) is 4.76. The number of aromatic nitrogens is 3. The molecule has 0 radical (unpaired) electrons. The maximum Gasteiger partial charge on any atom is 0.251 e. The average molecular weight is 322 g/mol. The van der Waals surface area contributed by atoms with Gasteiger partial charge in [0.25, 0.3) is 5.91 Å². The van der Waals surface area contributed by atoms with Crippen LogP contribution in [0.25, 0.3) is 10.9 Å². The zero-order valence-corrected chi connectivity index (χ0v) is 13.9. The van der Waals surface area contributed by atoms with Gasteiger partial charge in [-0.05, 0) is 62.4 Å². The molecule has 0 saturated carbocycles. The van der Waals surface area contributed by atoms with Crippen molar-refractivity contribution in [2.24, 2.45) is 0 Å². The summed E-state index contributed by atoms with van der Waals surface area (Å²) in [4.78, 5) is 16.1. The van der Waals surface area contributed by atoms with Crippen molar-refractivity contribution in [3.8, 4) is 0 Å². The predicted octanol–water partition coefficient (Wildman–Crippen LogP) is 3.06. The summed E-state index contributed by atoms with van der Waals surface area (Å²) in [6.45, 7) is 2.66. The standard InChI is InChI=1S/C19H22N4O/c1-13(12-23-10-4-9-20-23)21-19(24)14-7-8-18-16(11-14)15-5-2-3-6-17(15)22-18/h4,7-11,13,22H,2-3,5-6,12H2,1H3,(H,21,24)/t13-/m0/s1. The maximum absolute atomic E-state index is 12.6. The molecule has 0 saturated heterocycles. The molecule has 1 aliphatic carbocycles. The Labute approximate surface area is 141 Å². The van der Waals surface area contributed by atoms with Crippen LogP contribution in [0.4, 0.5) is 0 Å². The van der Waals surface area contributed by atoms with Gasteiger partial charge in [0, 0.05) is 40.6 Å². The lowest BCUT2D eigenvalue weighted by atomic mass is 9.95. The third kappa shape index (κ3) is 2.82. The largest absolute Gasteiger partial charge is 0.358 e. The van der Waals surface area contributed by atoms with Crippen molar-refractivity contribution in [2.75, 3.05) is 0 Å².